The number of rotatable bonds is 5. The molecule has 2 nitrogen and oxygen atoms in total. The van der Waals surface area contributed by atoms with Crippen molar-refractivity contribution in [3.63, 3.8) is 0 Å². The zero-order chi connectivity index (χ0) is 14.4. The van der Waals surface area contributed by atoms with E-state index in [0.717, 1.165) is 13.1 Å². The average Bonchev–Trinajstić information content (AvgIpc) is 2.72. The second kappa shape index (κ2) is 7.12. The van der Waals surface area contributed by atoms with Crippen LogP contribution in [0.15, 0.2) is 24.3 Å². The zero-order valence-electron chi connectivity index (χ0n) is 13.1. The summed E-state index contributed by atoms with van der Waals surface area (Å²) in [6, 6.07) is 8.77. The van der Waals surface area contributed by atoms with Gasteiger partial charge in [0.25, 0.3) is 0 Å². The van der Waals surface area contributed by atoms with Gasteiger partial charge in [0.05, 0.1) is 6.61 Å². The van der Waals surface area contributed by atoms with Crippen molar-refractivity contribution in [2.45, 2.75) is 52.4 Å². The molecule has 2 heteroatoms. The Balaban J connectivity index is 2.12. The van der Waals surface area contributed by atoms with Crippen LogP contribution in [-0.4, -0.2) is 24.8 Å². The molecule has 1 saturated carbocycles. The summed E-state index contributed by atoms with van der Waals surface area (Å²) in [5.74, 6) is 0. The van der Waals surface area contributed by atoms with Crippen molar-refractivity contribution in [3.8, 4) is 0 Å². The Hall–Kier alpha value is -1.02. The largest absolute Gasteiger partial charge is 0.396 e. The molecule has 1 fully saturated rings. The summed E-state index contributed by atoms with van der Waals surface area (Å²) in [7, 11) is 0. The molecule has 0 spiro atoms. The van der Waals surface area contributed by atoms with Gasteiger partial charge < -0.3 is 10.0 Å². The average molecular weight is 275 g/mol. The lowest BCUT2D eigenvalue weighted by Crippen LogP contribution is -2.40. The van der Waals surface area contributed by atoms with Crippen LogP contribution in [-0.2, 0) is 0 Å². The van der Waals surface area contributed by atoms with Gasteiger partial charge in [0.2, 0.25) is 0 Å². The van der Waals surface area contributed by atoms with Crippen LogP contribution < -0.4 is 4.90 Å². The third-order valence-corrected chi connectivity index (χ3v) is 4.81. The van der Waals surface area contributed by atoms with E-state index >= 15 is 0 Å². The van der Waals surface area contributed by atoms with Crippen molar-refractivity contribution >= 4 is 5.69 Å². The van der Waals surface area contributed by atoms with Gasteiger partial charge in [-0.2, -0.15) is 0 Å². The lowest BCUT2D eigenvalue weighted by Gasteiger charge is -2.37. The van der Waals surface area contributed by atoms with Crippen LogP contribution in [0, 0.1) is 12.3 Å². The molecule has 0 amide bonds. The van der Waals surface area contributed by atoms with Crippen molar-refractivity contribution in [2.75, 3.05) is 24.6 Å². The quantitative estimate of drug-likeness (QED) is 0.816. The van der Waals surface area contributed by atoms with Gasteiger partial charge in [0, 0.05) is 24.2 Å². The predicted molar refractivity (Wildman–Crippen MR) is 86.3 cm³/mol. The van der Waals surface area contributed by atoms with Crippen LogP contribution in [0.5, 0.6) is 0 Å². The van der Waals surface area contributed by atoms with E-state index in [9.17, 15) is 5.11 Å². The lowest BCUT2D eigenvalue weighted by atomic mass is 9.80. The van der Waals surface area contributed by atoms with Crippen molar-refractivity contribution in [3.05, 3.63) is 29.8 Å². The van der Waals surface area contributed by atoms with Gasteiger partial charge in [0.1, 0.15) is 0 Å². The molecule has 0 saturated heterocycles. The summed E-state index contributed by atoms with van der Waals surface area (Å²) < 4.78 is 0. The number of benzene rings is 1. The molecule has 0 bridgehead atoms. The molecule has 0 heterocycles. The van der Waals surface area contributed by atoms with E-state index < -0.39 is 0 Å². The molecular weight excluding hydrogens is 246 g/mol. The van der Waals surface area contributed by atoms with Gasteiger partial charge in [0.15, 0.2) is 0 Å². The third-order valence-electron chi connectivity index (χ3n) is 4.81. The maximum Gasteiger partial charge on any atom is 0.0504 e. The molecule has 1 N–H and O–H groups in total. The minimum absolute atomic E-state index is 0.109. The first-order valence-corrected chi connectivity index (χ1v) is 8.11. The second-order valence-corrected chi connectivity index (χ2v) is 6.42. The van der Waals surface area contributed by atoms with Gasteiger partial charge in [-0.15, -0.1) is 0 Å². The molecule has 0 aliphatic heterocycles. The summed E-state index contributed by atoms with van der Waals surface area (Å²) in [5, 5.41) is 9.98. The summed E-state index contributed by atoms with van der Waals surface area (Å²) >= 11 is 0. The van der Waals surface area contributed by atoms with Crippen molar-refractivity contribution < 1.29 is 5.11 Å². The van der Waals surface area contributed by atoms with Crippen molar-refractivity contribution in [1.29, 1.82) is 0 Å². The van der Waals surface area contributed by atoms with Crippen LogP contribution in [0.1, 0.15) is 51.0 Å². The molecular formula is C18H29NO. The minimum Gasteiger partial charge on any atom is -0.396 e. The monoisotopic (exact) mass is 275 g/mol. The predicted octanol–water partition coefficient (Wildman–Crippen LogP) is 4.15. The number of aliphatic hydroxyl groups excluding tert-OH is 1. The van der Waals surface area contributed by atoms with E-state index in [0.29, 0.717) is 6.61 Å². The van der Waals surface area contributed by atoms with Gasteiger partial charge >= 0.3 is 0 Å². The van der Waals surface area contributed by atoms with E-state index in [4.69, 9.17) is 0 Å². The Morgan fingerprint density at radius 3 is 2.15 bits per heavy atom. The summed E-state index contributed by atoms with van der Waals surface area (Å²) in [6.07, 6.45) is 7.55. The number of aliphatic hydroxyl groups is 1. The van der Waals surface area contributed by atoms with E-state index in [1.54, 1.807) is 0 Å². The molecule has 2 rings (SSSR count). The van der Waals surface area contributed by atoms with Crippen LogP contribution in [0.25, 0.3) is 0 Å². The highest BCUT2D eigenvalue weighted by molar-refractivity contribution is 5.47. The van der Waals surface area contributed by atoms with Crippen LogP contribution in [0.3, 0.4) is 0 Å². The Morgan fingerprint density at radius 2 is 1.65 bits per heavy atom. The molecule has 1 aliphatic carbocycles. The molecule has 0 radical (unpaired) electrons. The molecule has 0 atom stereocenters. The lowest BCUT2D eigenvalue weighted by molar-refractivity contribution is 0.113. The smallest absolute Gasteiger partial charge is 0.0504 e. The molecule has 20 heavy (non-hydrogen) atoms. The Kier molecular flexibility index (Phi) is 5.47. The van der Waals surface area contributed by atoms with E-state index in [2.05, 4.69) is 43.0 Å². The fourth-order valence-electron chi connectivity index (χ4n) is 3.39. The SMILES string of the molecule is CCN(CC1(CO)CCCCCC1)c1ccc(C)cc1. The Labute approximate surface area is 123 Å². The number of nitrogens with zero attached hydrogens (tertiary/aromatic N) is 1. The normalized spacial score (nSPS) is 18.6. The van der Waals surface area contributed by atoms with Gasteiger partial charge in [-0.1, -0.05) is 43.4 Å². The van der Waals surface area contributed by atoms with Crippen molar-refractivity contribution in [2.24, 2.45) is 5.41 Å². The first-order chi connectivity index (χ1) is 9.69. The fourth-order valence-corrected chi connectivity index (χ4v) is 3.39. The standard InChI is InChI=1S/C18H29NO/c1-3-19(17-10-8-16(2)9-11-17)14-18(15-20)12-6-4-5-7-13-18/h8-11,20H,3-7,12-15H2,1-2H3. The number of hydrogen-bond donors (Lipinski definition) is 1. The van der Waals surface area contributed by atoms with Crippen LogP contribution in [0.2, 0.25) is 0 Å². The highest BCUT2D eigenvalue weighted by atomic mass is 16.3. The molecule has 1 aromatic carbocycles. The fraction of sp³-hybridized carbons (Fsp3) is 0.667. The van der Waals surface area contributed by atoms with Crippen molar-refractivity contribution in [1.82, 2.24) is 0 Å². The minimum atomic E-state index is 0.109. The molecule has 0 aromatic heterocycles. The zero-order valence-corrected chi connectivity index (χ0v) is 13.1. The topological polar surface area (TPSA) is 23.5 Å². The van der Waals surface area contributed by atoms with E-state index in [1.165, 1.54) is 49.8 Å². The first-order valence-electron chi connectivity index (χ1n) is 8.11. The Morgan fingerprint density at radius 1 is 1.05 bits per heavy atom. The van der Waals surface area contributed by atoms with E-state index in [1.807, 2.05) is 0 Å². The van der Waals surface area contributed by atoms with Gasteiger partial charge in [-0.25, -0.2) is 0 Å². The maximum atomic E-state index is 9.98. The summed E-state index contributed by atoms with van der Waals surface area (Å²) in [5.41, 5.74) is 2.70. The van der Waals surface area contributed by atoms with Crippen LogP contribution >= 0.6 is 0 Å². The second-order valence-electron chi connectivity index (χ2n) is 6.42. The number of anilines is 1. The Bertz CT molecular complexity index is 390. The highest BCUT2D eigenvalue weighted by Gasteiger charge is 2.32. The highest BCUT2D eigenvalue weighted by Crippen LogP contribution is 2.36. The molecule has 1 aromatic rings. The molecule has 1 aliphatic rings. The van der Waals surface area contributed by atoms with Gasteiger partial charge in [-0.3, -0.25) is 0 Å². The summed E-state index contributed by atoms with van der Waals surface area (Å²) in [4.78, 5) is 2.43. The van der Waals surface area contributed by atoms with Crippen LogP contribution in [0.4, 0.5) is 5.69 Å². The molecule has 0 unspecified atom stereocenters. The first kappa shape index (κ1) is 15.4. The number of aryl methyl sites for hydroxylation is 1. The van der Waals surface area contributed by atoms with Gasteiger partial charge in [-0.05, 0) is 38.8 Å². The number of hydrogen-bond acceptors (Lipinski definition) is 2. The third kappa shape index (κ3) is 3.76. The molecule has 112 valence electrons. The summed E-state index contributed by atoms with van der Waals surface area (Å²) in [6.45, 7) is 6.66. The van der Waals surface area contributed by atoms with E-state index in [-0.39, 0.29) is 5.41 Å². The maximum absolute atomic E-state index is 9.98.